The van der Waals surface area contributed by atoms with Crippen molar-refractivity contribution in [2.75, 3.05) is 12.4 Å². The number of urea groups is 1. The van der Waals surface area contributed by atoms with Crippen LogP contribution in [0.15, 0.2) is 0 Å². The second kappa shape index (κ2) is 6.93. The van der Waals surface area contributed by atoms with E-state index in [-0.39, 0.29) is 17.6 Å². The highest BCUT2D eigenvalue weighted by atomic mass is 32.1. The summed E-state index contributed by atoms with van der Waals surface area (Å²) in [5.74, 6) is -0.513. The quantitative estimate of drug-likeness (QED) is 0.864. The summed E-state index contributed by atoms with van der Waals surface area (Å²) in [6, 6.07) is -0.174. The molecule has 2 amide bonds. The fourth-order valence-corrected chi connectivity index (χ4v) is 3.24. The van der Waals surface area contributed by atoms with Crippen LogP contribution >= 0.6 is 11.3 Å². The molecule has 0 saturated heterocycles. The van der Waals surface area contributed by atoms with Gasteiger partial charge < -0.3 is 10.0 Å². The molecule has 21 heavy (non-hydrogen) atoms. The lowest BCUT2D eigenvalue weighted by Crippen LogP contribution is -2.39. The van der Waals surface area contributed by atoms with Crippen LogP contribution in [-0.4, -0.2) is 35.1 Å². The van der Waals surface area contributed by atoms with Crippen LogP contribution in [0.4, 0.5) is 9.80 Å². The molecule has 0 saturated carbocycles. The Balaban J connectivity index is 2.89. The number of hydrogen-bond acceptors (Lipinski definition) is 3. The number of carboxylic acids is 1. The highest BCUT2D eigenvalue weighted by Gasteiger charge is 2.23. The van der Waals surface area contributed by atoms with Crippen molar-refractivity contribution in [2.45, 2.75) is 47.1 Å². The van der Waals surface area contributed by atoms with Crippen LogP contribution in [0.2, 0.25) is 0 Å². The lowest BCUT2D eigenvalue weighted by Gasteiger charge is -2.26. The summed E-state index contributed by atoms with van der Waals surface area (Å²) in [7, 11) is 1.73. The third kappa shape index (κ3) is 4.20. The van der Waals surface area contributed by atoms with Gasteiger partial charge in [0.2, 0.25) is 0 Å². The number of aryl methyl sites for hydroxylation is 1. The maximum Gasteiger partial charge on any atom is 0.338 e. The molecule has 1 heterocycles. The predicted molar refractivity (Wildman–Crippen MR) is 86.5 cm³/mol. The van der Waals surface area contributed by atoms with Crippen molar-refractivity contribution in [3.05, 3.63) is 16.0 Å². The summed E-state index contributed by atoms with van der Waals surface area (Å²) in [4.78, 5) is 26.1. The molecule has 0 fully saturated rings. The van der Waals surface area contributed by atoms with E-state index in [1.165, 1.54) is 11.3 Å². The summed E-state index contributed by atoms with van der Waals surface area (Å²) < 4.78 is 0. The van der Waals surface area contributed by atoms with Gasteiger partial charge >= 0.3 is 12.0 Å². The van der Waals surface area contributed by atoms with Gasteiger partial charge in [-0.3, -0.25) is 5.32 Å². The molecule has 0 radical (unpaired) electrons. The smallest absolute Gasteiger partial charge is 0.338 e. The van der Waals surface area contributed by atoms with E-state index >= 15 is 0 Å². The van der Waals surface area contributed by atoms with Gasteiger partial charge in [0.25, 0.3) is 0 Å². The zero-order valence-electron chi connectivity index (χ0n) is 13.5. The number of nitrogens with one attached hydrogen (secondary N) is 1. The van der Waals surface area contributed by atoms with Crippen LogP contribution in [0.1, 0.15) is 48.0 Å². The van der Waals surface area contributed by atoms with E-state index in [1.807, 2.05) is 13.8 Å². The molecule has 5 nitrogen and oxygen atoms in total. The topological polar surface area (TPSA) is 69.6 Å². The molecule has 0 aliphatic heterocycles. The first-order valence-corrected chi connectivity index (χ1v) is 7.83. The van der Waals surface area contributed by atoms with Crippen molar-refractivity contribution >= 4 is 28.3 Å². The molecule has 0 aromatic carbocycles. The molecule has 1 rings (SSSR count). The second-order valence-electron chi connectivity index (χ2n) is 5.81. The zero-order valence-corrected chi connectivity index (χ0v) is 14.3. The number of hydrogen-bond donors (Lipinski definition) is 2. The van der Waals surface area contributed by atoms with E-state index < -0.39 is 5.97 Å². The van der Waals surface area contributed by atoms with E-state index in [4.69, 9.17) is 0 Å². The molecular weight excluding hydrogens is 288 g/mol. The summed E-state index contributed by atoms with van der Waals surface area (Å²) in [5, 5.41) is 12.4. The minimum atomic E-state index is -1.01. The standard InChI is InChI=1S/C15H24N2O3S/c1-8(2)7-9(3)17(6)15(20)16-13-12(14(18)19)10(4)11(5)21-13/h8-9H,7H2,1-6H3,(H,16,20)(H,18,19). The van der Waals surface area contributed by atoms with Crippen molar-refractivity contribution in [3.63, 3.8) is 0 Å². The molecule has 1 atom stereocenters. The molecular formula is C15H24N2O3S. The Kier molecular flexibility index (Phi) is 5.78. The molecule has 6 heteroatoms. The Morgan fingerprint density at radius 1 is 1.29 bits per heavy atom. The lowest BCUT2D eigenvalue weighted by molar-refractivity contribution is 0.0697. The fraction of sp³-hybridized carbons (Fsp3) is 0.600. The Morgan fingerprint density at radius 2 is 1.86 bits per heavy atom. The van der Waals surface area contributed by atoms with Crippen molar-refractivity contribution in [3.8, 4) is 0 Å². The first-order valence-electron chi connectivity index (χ1n) is 7.02. The maximum atomic E-state index is 12.3. The summed E-state index contributed by atoms with van der Waals surface area (Å²) in [5.41, 5.74) is 0.899. The first kappa shape index (κ1) is 17.5. The van der Waals surface area contributed by atoms with Crippen LogP contribution in [0.25, 0.3) is 0 Å². The monoisotopic (exact) mass is 312 g/mol. The van der Waals surface area contributed by atoms with Gasteiger partial charge in [-0.2, -0.15) is 0 Å². The number of carbonyl (C=O) groups excluding carboxylic acids is 1. The molecule has 1 aromatic rings. The largest absolute Gasteiger partial charge is 0.478 e. The predicted octanol–water partition coefficient (Wildman–Crippen LogP) is 3.96. The Bertz CT molecular complexity index is 537. The molecule has 118 valence electrons. The number of anilines is 1. The highest BCUT2D eigenvalue weighted by molar-refractivity contribution is 7.16. The number of thiophene rings is 1. The van der Waals surface area contributed by atoms with Crippen LogP contribution in [-0.2, 0) is 0 Å². The molecule has 0 spiro atoms. The third-order valence-electron chi connectivity index (χ3n) is 3.61. The van der Waals surface area contributed by atoms with Crippen LogP contribution in [0.3, 0.4) is 0 Å². The highest BCUT2D eigenvalue weighted by Crippen LogP contribution is 2.32. The van der Waals surface area contributed by atoms with Gasteiger partial charge in [-0.25, -0.2) is 9.59 Å². The van der Waals surface area contributed by atoms with Crippen LogP contribution in [0.5, 0.6) is 0 Å². The second-order valence-corrected chi connectivity index (χ2v) is 7.04. The Labute approximate surface area is 130 Å². The van der Waals surface area contributed by atoms with Gasteiger partial charge in [-0.05, 0) is 38.7 Å². The maximum absolute atomic E-state index is 12.3. The molecule has 0 bridgehead atoms. The number of rotatable bonds is 5. The van der Waals surface area contributed by atoms with Crippen LogP contribution in [0, 0.1) is 19.8 Å². The molecule has 0 aliphatic rings. The molecule has 0 aliphatic carbocycles. The summed E-state index contributed by atoms with van der Waals surface area (Å²) in [6.07, 6.45) is 0.901. The van der Waals surface area contributed by atoms with Gasteiger partial charge in [0, 0.05) is 18.0 Å². The number of nitrogens with zero attached hydrogens (tertiary/aromatic N) is 1. The van der Waals surface area contributed by atoms with E-state index in [1.54, 1.807) is 18.9 Å². The van der Waals surface area contributed by atoms with Gasteiger partial charge in [0.15, 0.2) is 0 Å². The number of carboxylic acid groups (broad SMARTS) is 1. The van der Waals surface area contributed by atoms with Gasteiger partial charge in [0.05, 0.1) is 5.56 Å². The van der Waals surface area contributed by atoms with E-state index in [0.29, 0.717) is 16.5 Å². The van der Waals surface area contributed by atoms with Crippen molar-refractivity contribution < 1.29 is 14.7 Å². The zero-order chi connectivity index (χ0) is 16.3. The minimum absolute atomic E-state index is 0.0976. The summed E-state index contributed by atoms with van der Waals surface area (Å²) >= 11 is 1.30. The Hall–Kier alpha value is -1.56. The molecule has 1 unspecified atom stereocenters. The normalized spacial score (nSPS) is 12.3. The average Bonchev–Trinajstić information content (AvgIpc) is 2.62. The minimum Gasteiger partial charge on any atom is -0.478 e. The van der Waals surface area contributed by atoms with Gasteiger partial charge in [0.1, 0.15) is 5.00 Å². The van der Waals surface area contributed by atoms with Crippen molar-refractivity contribution in [1.82, 2.24) is 4.90 Å². The average molecular weight is 312 g/mol. The molecule has 2 N–H and O–H groups in total. The first-order chi connectivity index (χ1) is 9.65. The van der Waals surface area contributed by atoms with Gasteiger partial charge in [-0.1, -0.05) is 13.8 Å². The van der Waals surface area contributed by atoms with E-state index in [9.17, 15) is 14.7 Å². The van der Waals surface area contributed by atoms with Crippen LogP contribution < -0.4 is 5.32 Å². The number of amides is 2. The fourth-order valence-electron chi connectivity index (χ4n) is 2.20. The lowest BCUT2D eigenvalue weighted by atomic mass is 10.0. The third-order valence-corrected chi connectivity index (χ3v) is 4.74. The molecule has 1 aromatic heterocycles. The summed E-state index contributed by atoms with van der Waals surface area (Å²) in [6.45, 7) is 9.82. The van der Waals surface area contributed by atoms with E-state index in [0.717, 1.165) is 11.3 Å². The number of aromatic carboxylic acids is 1. The van der Waals surface area contributed by atoms with E-state index in [2.05, 4.69) is 19.2 Å². The van der Waals surface area contributed by atoms with Crippen molar-refractivity contribution in [2.24, 2.45) is 5.92 Å². The Morgan fingerprint density at radius 3 is 2.33 bits per heavy atom. The van der Waals surface area contributed by atoms with Gasteiger partial charge in [-0.15, -0.1) is 11.3 Å². The number of carbonyl (C=O) groups is 2. The van der Waals surface area contributed by atoms with Crippen molar-refractivity contribution in [1.29, 1.82) is 0 Å². The SMILES string of the molecule is Cc1sc(NC(=O)N(C)C(C)CC(C)C)c(C(=O)O)c1C.